The van der Waals surface area contributed by atoms with Crippen LogP contribution in [0.1, 0.15) is 37.6 Å². The van der Waals surface area contributed by atoms with E-state index in [1.54, 1.807) is 6.92 Å². The summed E-state index contributed by atoms with van der Waals surface area (Å²) in [5.74, 6) is -1.83. The fourth-order valence-electron chi connectivity index (χ4n) is 3.20. The van der Waals surface area contributed by atoms with Gasteiger partial charge in [0.1, 0.15) is 23.9 Å². The summed E-state index contributed by atoms with van der Waals surface area (Å²) in [6.07, 6.45) is 3.00. The van der Waals surface area contributed by atoms with E-state index in [0.717, 1.165) is 0 Å². The Balaban J connectivity index is 2.07. The second kappa shape index (κ2) is 11.9. The van der Waals surface area contributed by atoms with Gasteiger partial charge in [0.2, 0.25) is 11.8 Å². The van der Waals surface area contributed by atoms with Crippen LogP contribution in [0.3, 0.4) is 0 Å². The highest BCUT2D eigenvalue weighted by Gasteiger charge is 2.50. The Labute approximate surface area is 192 Å². The van der Waals surface area contributed by atoms with Gasteiger partial charge in [0.15, 0.2) is 5.78 Å². The van der Waals surface area contributed by atoms with Gasteiger partial charge in [-0.3, -0.25) is 19.2 Å². The van der Waals surface area contributed by atoms with Crippen LogP contribution in [0.15, 0.2) is 23.0 Å². The van der Waals surface area contributed by atoms with E-state index in [-0.39, 0.29) is 30.5 Å². The Morgan fingerprint density at radius 3 is 2.00 bits per heavy atom. The van der Waals surface area contributed by atoms with Crippen LogP contribution >= 0.6 is 0 Å². The van der Waals surface area contributed by atoms with Crippen molar-refractivity contribution in [1.29, 1.82) is 0 Å². The first kappa shape index (κ1) is 26.5. The van der Waals surface area contributed by atoms with Crippen molar-refractivity contribution in [3.63, 3.8) is 0 Å². The molecule has 3 amide bonds. The van der Waals surface area contributed by atoms with Gasteiger partial charge in [-0.25, -0.2) is 0 Å². The molecule has 1 aromatic heterocycles. The summed E-state index contributed by atoms with van der Waals surface area (Å²) >= 11 is 0. The summed E-state index contributed by atoms with van der Waals surface area (Å²) in [6.45, 7) is 5.61. The lowest BCUT2D eigenvalue weighted by Crippen LogP contribution is -2.58. The molecule has 1 saturated heterocycles. The smallest absolute Gasteiger partial charge is 0.255 e. The third-order valence-electron chi connectivity index (χ3n) is 5.14. The lowest BCUT2D eigenvalue weighted by Gasteiger charge is -2.26. The van der Waals surface area contributed by atoms with Crippen molar-refractivity contribution in [3.8, 4) is 0 Å². The van der Waals surface area contributed by atoms with Crippen molar-refractivity contribution in [1.82, 2.24) is 16.0 Å². The van der Waals surface area contributed by atoms with Crippen LogP contribution in [0.25, 0.3) is 0 Å². The Bertz CT molecular complexity index is 820. The van der Waals surface area contributed by atoms with Gasteiger partial charge in [0.25, 0.3) is 5.91 Å². The number of ether oxygens (including phenoxy) is 3. The summed E-state index contributed by atoms with van der Waals surface area (Å²) in [4.78, 5) is 50.9. The van der Waals surface area contributed by atoms with Gasteiger partial charge < -0.3 is 34.6 Å². The highest BCUT2D eigenvalue weighted by Crippen LogP contribution is 2.29. The molecule has 1 aliphatic heterocycles. The number of amides is 3. The Kier molecular flexibility index (Phi) is 9.56. The first-order valence-electron chi connectivity index (χ1n) is 10.7. The molecule has 1 fully saturated rings. The van der Waals surface area contributed by atoms with E-state index in [9.17, 15) is 19.2 Å². The quantitative estimate of drug-likeness (QED) is 0.325. The SMILES string of the molecule is COCC(NC(=O)c1ccoc1)C(=O)NC(COC)C(=O)NC(CC(C)C)C(=O)[C@@]1(C)CO1. The van der Waals surface area contributed by atoms with E-state index in [0.29, 0.717) is 13.0 Å². The van der Waals surface area contributed by atoms with E-state index in [2.05, 4.69) is 16.0 Å². The van der Waals surface area contributed by atoms with Gasteiger partial charge >= 0.3 is 0 Å². The Morgan fingerprint density at radius 1 is 1.00 bits per heavy atom. The van der Waals surface area contributed by atoms with Gasteiger partial charge in [-0.1, -0.05) is 13.8 Å². The number of hydrogen-bond acceptors (Lipinski definition) is 8. The molecule has 0 aliphatic carbocycles. The topological polar surface area (TPSA) is 148 Å². The molecule has 11 heteroatoms. The largest absolute Gasteiger partial charge is 0.472 e. The van der Waals surface area contributed by atoms with Gasteiger partial charge in [0.05, 0.1) is 37.7 Å². The first-order chi connectivity index (χ1) is 15.6. The minimum atomic E-state index is -1.09. The average molecular weight is 468 g/mol. The molecule has 1 aliphatic rings. The van der Waals surface area contributed by atoms with Crippen LogP contribution in [0.5, 0.6) is 0 Å². The number of rotatable bonds is 14. The summed E-state index contributed by atoms with van der Waals surface area (Å²) < 4.78 is 20.3. The Morgan fingerprint density at radius 2 is 1.55 bits per heavy atom. The van der Waals surface area contributed by atoms with Crippen LogP contribution < -0.4 is 16.0 Å². The maximum Gasteiger partial charge on any atom is 0.255 e. The molecule has 0 spiro atoms. The monoisotopic (exact) mass is 467 g/mol. The average Bonchev–Trinajstić information content (AvgIpc) is 3.27. The summed E-state index contributed by atoms with van der Waals surface area (Å²) in [6, 6.07) is -1.48. The highest BCUT2D eigenvalue weighted by atomic mass is 16.6. The molecule has 0 aromatic carbocycles. The summed E-state index contributed by atoms with van der Waals surface area (Å²) in [5.41, 5.74) is -0.658. The number of furan rings is 1. The molecule has 33 heavy (non-hydrogen) atoms. The molecule has 0 saturated carbocycles. The van der Waals surface area contributed by atoms with Crippen LogP contribution in [0.4, 0.5) is 0 Å². The normalized spacial score (nSPS) is 19.9. The summed E-state index contributed by atoms with van der Waals surface area (Å²) in [5, 5.41) is 7.83. The van der Waals surface area contributed by atoms with Gasteiger partial charge in [-0.05, 0) is 25.3 Å². The van der Waals surface area contributed by atoms with E-state index in [1.807, 2.05) is 13.8 Å². The zero-order valence-corrected chi connectivity index (χ0v) is 19.6. The van der Waals surface area contributed by atoms with E-state index in [1.165, 1.54) is 32.8 Å². The van der Waals surface area contributed by atoms with Crippen LogP contribution in [0.2, 0.25) is 0 Å². The predicted octanol–water partition coefficient (Wildman–Crippen LogP) is 0.0445. The predicted molar refractivity (Wildman–Crippen MR) is 116 cm³/mol. The molecule has 1 aromatic rings. The molecule has 0 radical (unpaired) electrons. The van der Waals surface area contributed by atoms with Crippen molar-refractivity contribution in [3.05, 3.63) is 24.2 Å². The van der Waals surface area contributed by atoms with Crippen molar-refractivity contribution in [2.24, 2.45) is 5.92 Å². The molecular formula is C22H33N3O8. The molecular weight excluding hydrogens is 434 g/mol. The third-order valence-corrected chi connectivity index (χ3v) is 5.14. The molecule has 0 bridgehead atoms. The second-order valence-corrected chi connectivity index (χ2v) is 8.58. The molecule has 2 rings (SSSR count). The Hall–Kier alpha value is -2.76. The van der Waals surface area contributed by atoms with Crippen molar-refractivity contribution in [2.75, 3.05) is 34.0 Å². The maximum atomic E-state index is 13.0. The van der Waals surface area contributed by atoms with Crippen LogP contribution in [-0.4, -0.2) is 81.3 Å². The maximum absolute atomic E-state index is 13.0. The first-order valence-corrected chi connectivity index (χ1v) is 10.7. The standard InChI is InChI=1S/C22H33N3O8/c1-13(2)8-15(18(26)22(3)12-33-22)23-20(28)17(11-31-5)25-21(29)16(10-30-4)24-19(27)14-6-7-32-9-14/h6-7,9,13,15-17H,8,10-12H2,1-5H3,(H,23,28)(H,24,27)(H,25,29)/t15?,16?,17?,22-/m1/s1. The number of methoxy groups -OCH3 is 2. The molecule has 184 valence electrons. The van der Waals surface area contributed by atoms with E-state index < -0.39 is 41.4 Å². The minimum Gasteiger partial charge on any atom is -0.472 e. The van der Waals surface area contributed by atoms with Gasteiger partial charge in [-0.2, -0.15) is 0 Å². The third kappa shape index (κ3) is 7.65. The number of epoxide rings is 1. The second-order valence-electron chi connectivity index (χ2n) is 8.58. The fraction of sp³-hybridized carbons (Fsp3) is 0.636. The zero-order chi connectivity index (χ0) is 24.6. The lowest BCUT2D eigenvalue weighted by molar-refractivity contribution is -0.134. The number of hydrogen-bond donors (Lipinski definition) is 3. The van der Waals surface area contributed by atoms with Gasteiger partial charge in [0, 0.05) is 14.2 Å². The van der Waals surface area contributed by atoms with Gasteiger partial charge in [-0.15, -0.1) is 0 Å². The van der Waals surface area contributed by atoms with Crippen LogP contribution in [0, 0.1) is 5.92 Å². The fourth-order valence-corrected chi connectivity index (χ4v) is 3.20. The van der Waals surface area contributed by atoms with E-state index >= 15 is 0 Å². The number of carbonyl (C=O) groups is 4. The number of nitrogens with one attached hydrogen (secondary N) is 3. The summed E-state index contributed by atoms with van der Waals surface area (Å²) in [7, 11) is 2.77. The minimum absolute atomic E-state index is 0.124. The molecule has 3 N–H and O–H groups in total. The van der Waals surface area contributed by atoms with E-state index in [4.69, 9.17) is 18.6 Å². The number of Topliss-reactive ketones (excluding diaryl/α,β-unsaturated/α-hetero) is 1. The number of ketones is 1. The van der Waals surface area contributed by atoms with Crippen molar-refractivity contribution < 1.29 is 37.8 Å². The zero-order valence-electron chi connectivity index (χ0n) is 19.6. The highest BCUT2D eigenvalue weighted by molar-refractivity contribution is 5.99. The number of carbonyl (C=O) groups excluding carboxylic acids is 4. The van der Waals surface area contributed by atoms with Crippen molar-refractivity contribution >= 4 is 23.5 Å². The molecule has 3 unspecified atom stereocenters. The molecule has 11 nitrogen and oxygen atoms in total. The van der Waals surface area contributed by atoms with Crippen molar-refractivity contribution in [2.45, 2.75) is 50.9 Å². The van der Waals surface area contributed by atoms with Crippen LogP contribution in [-0.2, 0) is 28.6 Å². The molecule has 4 atom stereocenters. The molecule has 2 heterocycles. The lowest BCUT2D eigenvalue weighted by atomic mass is 9.93.